The Bertz CT molecular complexity index is 1350. The second kappa shape index (κ2) is 13.5. The van der Waals surface area contributed by atoms with Crippen LogP contribution in [0.5, 0.6) is 5.75 Å². The molecule has 2 amide bonds. The van der Waals surface area contributed by atoms with E-state index in [2.05, 4.69) is 5.32 Å². The number of methoxy groups -OCH3 is 1. The molecule has 3 aromatic rings. The van der Waals surface area contributed by atoms with Crippen LogP contribution in [0.15, 0.2) is 83.8 Å². The fourth-order valence-electron chi connectivity index (χ4n) is 3.83. The third kappa shape index (κ3) is 7.74. The highest BCUT2D eigenvalue weighted by Crippen LogP contribution is 2.25. The molecule has 0 unspecified atom stereocenters. The van der Waals surface area contributed by atoms with Crippen molar-refractivity contribution in [2.24, 2.45) is 0 Å². The van der Waals surface area contributed by atoms with Gasteiger partial charge in [0.1, 0.15) is 18.3 Å². The number of rotatable bonds is 12. The highest BCUT2D eigenvalue weighted by molar-refractivity contribution is 7.92. The van der Waals surface area contributed by atoms with Gasteiger partial charge in [-0.3, -0.25) is 13.9 Å². The van der Waals surface area contributed by atoms with Crippen LogP contribution in [0, 0.1) is 0 Å². The number of para-hydroxylation sites is 1. The van der Waals surface area contributed by atoms with Crippen LogP contribution in [0.2, 0.25) is 5.02 Å². The lowest BCUT2D eigenvalue weighted by atomic mass is 10.1. The molecule has 8 nitrogen and oxygen atoms in total. The summed E-state index contributed by atoms with van der Waals surface area (Å²) in [5.41, 5.74) is 1.08. The standard InChI is InChI=1S/C29H34ClN3O5S/c1-5-21(2)31-29(35)22(3)32(19-23-11-15-26(38-4)16-12-23)28(34)20-33(25-9-7-6-8-10-25)39(36,37)27-17-13-24(30)14-18-27/h6-18,21-22H,5,19-20H2,1-4H3,(H,31,35)/t21-,22-/m0/s1. The lowest BCUT2D eigenvalue weighted by molar-refractivity contribution is -0.139. The van der Waals surface area contributed by atoms with E-state index in [0.29, 0.717) is 16.5 Å². The summed E-state index contributed by atoms with van der Waals surface area (Å²) >= 11 is 5.98. The third-order valence-corrected chi connectivity index (χ3v) is 8.45. The molecule has 2 atom stereocenters. The molecule has 1 N–H and O–H groups in total. The summed E-state index contributed by atoms with van der Waals surface area (Å²) in [6.45, 7) is 5.07. The Balaban J connectivity index is 1.99. The largest absolute Gasteiger partial charge is 0.497 e. The van der Waals surface area contributed by atoms with Crippen LogP contribution in [0.3, 0.4) is 0 Å². The van der Waals surface area contributed by atoms with Crippen molar-refractivity contribution in [2.75, 3.05) is 18.0 Å². The lowest BCUT2D eigenvalue weighted by Crippen LogP contribution is -2.52. The topological polar surface area (TPSA) is 96.0 Å². The van der Waals surface area contributed by atoms with Gasteiger partial charge in [0.25, 0.3) is 10.0 Å². The Morgan fingerprint density at radius 1 is 0.949 bits per heavy atom. The summed E-state index contributed by atoms with van der Waals surface area (Å²) in [5.74, 6) is -0.194. The minimum absolute atomic E-state index is 0.00665. The van der Waals surface area contributed by atoms with Crippen molar-refractivity contribution < 1.29 is 22.7 Å². The van der Waals surface area contributed by atoms with E-state index in [1.807, 2.05) is 13.8 Å². The van der Waals surface area contributed by atoms with Crippen molar-refractivity contribution >= 4 is 39.1 Å². The van der Waals surface area contributed by atoms with Crippen LogP contribution in [-0.4, -0.2) is 50.9 Å². The molecule has 0 aliphatic rings. The quantitative estimate of drug-likeness (QED) is 0.334. The highest BCUT2D eigenvalue weighted by atomic mass is 35.5. The Kier molecular flexibility index (Phi) is 10.4. The molecule has 0 aliphatic heterocycles. The van der Waals surface area contributed by atoms with E-state index in [1.54, 1.807) is 68.6 Å². The monoisotopic (exact) mass is 571 g/mol. The van der Waals surface area contributed by atoms with E-state index in [0.717, 1.165) is 16.3 Å². The molecule has 0 aliphatic carbocycles. The first-order chi connectivity index (χ1) is 18.6. The Labute approximate surface area is 235 Å². The molecule has 3 rings (SSSR count). The van der Waals surface area contributed by atoms with Crippen molar-refractivity contribution in [3.8, 4) is 5.75 Å². The smallest absolute Gasteiger partial charge is 0.264 e. The Hall–Kier alpha value is -3.56. The number of carbonyl (C=O) groups is 2. The van der Waals surface area contributed by atoms with Gasteiger partial charge in [-0.2, -0.15) is 0 Å². The molecule has 0 saturated heterocycles. The Morgan fingerprint density at radius 2 is 1.56 bits per heavy atom. The number of benzene rings is 3. The van der Waals surface area contributed by atoms with Crippen LogP contribution in [-0.2, 0) is 26.2 Å². The van der Waals surface area contributed by atoms with Crippen LogP contribution in [0.4, 0.5) is 5.69 Å². The van der Waals surface area contributed by atoms with E-state index in [-0.39, 0.29) is 23.4 Å². The molecule has 10 heteroatoms. The number of nitrogens with one attached hydrogen (secondary N) is 1. The van der Waals surface area contributed by atoms with E-state index in [9.17, 15) is 18.0 Å². The molecule has 0 aromatic heterocycles. The summed E-state index contributed by atoms with van der Waals surface area (Å²) in [4.78, 5) is 28.4. The van der Waals surface area contributed by atoms with E-state index in [4.69, 9.17) is 16.3 Å². The van der Waals surface area contributed by atoms with Crippen molar-refractivity contribution in [3.63, 3.8) is 0 Å². The first-order valence-electron chi connectivity index (χ1n) is 12.6. The molecule has 0 radical (unpaired) electrons. The van der Waals surface area contributed by atoms with E-state index >= 15 is 0 Å². The predicted octanol–water partition coefficient (Wildman–Crippen LogP) is 4.88. The van der Waals surface area contributed by atoms with Gasteiger partial charge in [-0.25, -0.2) is 8.42 Å². The van der Waals surface area contributed by atoms with E-state index < -0.39 is 28.5 Å². The van der Waals surface area contributed by atoms with Crippen molar-refractivity contribution in [1.29, 1.82) is 0 Å². The second-order valence-corrected chi connectivity index (χ2v) is 11.5. The number of anilines is 1. The number of hydrogen-bond donors (Lipinski definition) is 1. The molecule has 39 heavy (non-hydrogen) atoms. The number of sulfonamides is 1. The van der Waals surface area contributed by atoms with Gasteiger partial charge >= 0.3 is 0 Å². The predicted molar refractivity (Wildman–Crippen MR) is 153 cm³/mol. The van der Waals surface area contributed by atoms with Gasteiger partial charge in [-0.1, -0.05) is 48.9 Å². The summed E-state index contributed by atoms with van der Waals surface area (Å²) < 4.78 is 33.8. The molecule has 0 saturated carbocycles. The highest BCUT2D eigenvalue weighted by Gasteiger charge is 2.32. The first-order valence-corrected chi connectivity index (χ1v) is 14.4. The first kappa shape index (κ1) is 30.0. The van der Waals surface area contributed by atoms with Gasteiger partial charge in [0.15, 0.2) is 0 Å². The maximum absolute atomic E-state index is 13.9. The normalized spacial score (nSPS) is 12.7. The van der Waals surface area contributed by atoms with Crippen LogP contribution >= 0.6 is 11.6 Å². The molecule has 208 valence electrons. The van der Waals surface area contributed by atoms with Crippen molar-refractivity contribution in [2.45, 2.75) is 50.7 Å². The number of ether oxygens (including phenoxy) is 1. The maximum atomic E-state index is 13.9. The minimum Gasteiger partial charge on any atom is -0.497 e. The fraction of sp³-hybridized carbons (Fsp3) is 0.310. The summed E-state index contributed by atoms with van der Waals surface area (Å²) in [5, 5.41) is 3.31. The SMILES string of the molecule is CC[C@H](C)NC(=O)[C@H](C)N(Cc1ccc(OC)cc1)C(=O)CN(c1ccccc1)S(=O)(=O)c1ccc(Cl)cc1. The fourth-order valence-corrected chi connectivity index (χ4v) is 5.37. The zero-order valence-corrected chi connectivity index (χ0v) is 24.1. The van der Waals surface area contributed by atoms with Crippen LogP contribution < -0.4 is 14.4 Å². The average Bonchev–Trinajstić information content (AvgIpc) is 2.94. The zero-order chi connectivity index (χ0) is 28.6. The number of amides is 2. The maximum Gasteiger partial charge on any atom is 0.264 e. The summed E-state index contributed by atoms with van der Waals surface area (Å²) in [7, 11) is -2.58. The van der Waals surface area contributed by atoms with Gasteiger partial charge in [0.05, 0.1) is 17.7 Å². The second-order valence-electron chi connectivity index (χ2n) is 9.16. The number of hydrogen-bond acceptors (Lipinski definition) is 5. The molecule has 0 bridgehead atoms. The average molecular weight is 572 g/mol. The van der Waals surface area contributed by atoms with Crippen LogP contribution in [0.25, 0.3) is 0 Å². The third-order valence-electron chi connectivity index (χ3n) is 6.40. The van der Waals surface area contributed by atoms with Gasteiger partial charge in [-0.15, -0.1) is 0 Å². The van der Waals surface area contributed by atoms with Gasteiger partial charge < -0.3 is 15.0 Å². The van der Waals surface area contributed by atoms with Gasteiger partial charge in [0, 0.05) is 17.6 Å². The van der Waals surface area contributed by atoms with Gasteiger partial charge in [0.2, 0.25) is 11.8 Å². The summed E-state index contributed by atoms with van der Waals surface area (Å²) in [6, 6.07) is 20.4. The molecule has 0 heterocycles. The Morgan fingerprint density at radius 3 is 2.13 bits per heavy atom. The molecule has 0 fully saturated rings. The number of nitrogens with zero attached hydrogens (tertiary/aromatic N) is 2. The minimum atomic E-state index is -4.14. The number of halogens is 1. The zero-order valence-electron chi connectivity index (χ0n) is 22.5. The van der Waals surface area contributed by atoms with Gasteiger partial charge in [-0.05, 0) is 74.4 Å². The van der Waals surface area contributed by atoms with Crippen LogP contribution in [0.1, 0.15) is 32.8 Å². The summed E-state index contributed by atoms with van der Waals surface area (Å²) in [6.07, 6.45) is 0.728. The van der Waals surface area contributed by atoms with Crippen molar-refractivity contribution in [1.82, 2.24) is 10.2 Å². The number of carbonyl (C=O) groups excluding carboxylic acids is 2. The molecule has 3 aromatic carbocycles. The van der Waals surface area contributed by atoms with Crippen molar-refractivity contribution in [3.05, 3.63) is 89.4 Å². The molecular formula is C29H34ClN3O5S. The van der Waals surface area contributed by atoms with E-state index in [1.165, 1.54) is 29.2 Å². The molecular weight excluding hydrogens is 538 g/mol. The lowest BCUT2D eigenvalue weighted by Gasteiger charge is -2.32. The molecule has 0 spiro atoms.